The van der Waals surface area contributed by atoms with Crippen LogP contribution >= 0.6 is 11.3 Å². The predicted octanol–water partition coefficient (Wildman–Crippen LogP) is 4.40. The summed E-state index contributed by atoms with van der Waals surface area (Å²) < 4.78 is 16.4. The smallest absolute Gasteiger partial charge is 0.188 e. The molecule has 0 aliphatic rings. The van der Waals surface area contributed by atoms with Gasteiger partial charge in [0.15, 0.2) is 18.3 Å². The van der Waals surface area contributed by atoms with Crippen LogP contribution in [-0.4, -0.2) is 28.9 Å². The quantitative estimate of drug-likeness (QED) is 0.451. The summed E-state index contributed by atoms with van der Waals surface area (Å²) in [5, 5.41) is 10.4. The number of thiazole rings is 1. The first-order chi connectivity index (χ1) is 13.8. The van der Waals surface area contributed by atoms with Gasteiger partial charge in [-0.2, -0.15) is 5.26 Å². The van der Waals surface area contributed by atoms with Crippen molar-refractivity contribution in [3.63, 3.8) is 0 Å². The van der Waals surface area contributed by atoms with E-state index in [4.69, 9.17) is 14.2 Å². The molecule has 0 unspecified atom stereocenters. The largest absolute Gasteiger partial charge is 0.464 e. The third kappa shape index (κ3) is 3.62. The molecule has 4 aromatic rings. The van der Waals surface area contributed by atoms with Gasteiger partial charge in [0, 0.05) is 12.7 Å². The Kier molecular flexibility index (Phi) is 5.10. The summed E-state index contributed by atoms with van der Waals surface area (Å²) in [5.41, 5.74) is 1.94. The lowest BCUT2D eigenvalue weighted by atomic mass is 10.1. The molecule has 0 saturated carbocycles. The average molecular weight is 390 g/mol. The molecule has 2 heterocycles. The fraction of sp³-hybridized carbons (Fsp3) is 0.100. The number of nitrogens with zero attached hydrogens (tertiary/aromatic N) is 4. The highest BCUT2D eigenvalue weighted by atomic mass is 32.1. The van der Waals surface area contributed by atoms with E-state index >= 15 is 0 Å². The van der Waals surface area contributed by atoms with Crippen LogP contribution in [0.5, 0.6) is 17.2 Å². The zero-order valence-corrected chi connectivity index (χ0v) is 15.6. The summed E-state index contributed by atoms with van der Waals surface area (Å²) >= 11 is 1.44. The molecule has 28 heavy (non-hydrogen) atoms. The first-order valence-electron chi connectivity index (χ1n) is 8.28. The second-order valence-electron chi connectivity index (χ2n) is 5.65. The van der Waals surface area contributed by atoms with E-state index < -0.39 is 0 Å². The molecule has 0 saturated heterocycles. The van der Waals surface area contributed by atoms with Crippen LogP contribution in [0.3, 0.4) is 0 Å². The molecule has 2 aromatic carbocycles. The first-order valence-corrected chi connectivity index (χ1v) is 9.10. The Balaban J connectivity index is 1.66. The lowest BCUT2D eigenvalue weighted by Gasteiger charge is -2.13. The SMILES string of the molecule is COCOc1ccccc1Oc1ccc(-c2nc3cncnc3s2)cc1C#N. The maximum atomic E-state index is 9.60. The van der Waals surface area contributed by atoms with Gasteiger partial charge in [-0.15, -0.1) is 0 Å². The minimum atomic E-state index is 0.102. The van der Waals surface area contributed by atoms with E-state index in [0.717, 1.165) is 20.9 Å². The molecular weight excluding hydrogens is 376 g/mol. The van der Waals surface area contributed by atoms with E-state index in [9.17, 15) is 5.26 Å². The Morgan fingerprint density at radius 1 is 1.11 bits per heavy atom. The van der Waals surface area contributed by atoms with E-state index in [0.29, 0.717) is 22.8 Å². The van der Waals surface area contributed by atoms with E-state index in [1.807, 2.05) is 18.2 Å². The number of rotatable bonds is 6. The number of benzene rings is 2. The molecular formula is C20H14N4O3S. The molecule has 0 fully saturated rings. The molecule has 138 valence electrons. The van der Waals surface area contributed by atoms with Crippen LogP contribution in [-0.2, 0) is 4.74 Å². The number of aromatic nitrogens is 3. The van der Waals surface area contributed by atoms with Gasteiger partial charge in [-0.3, -0.25) is 0 Å². The van der Waals surface area contributed by atoms with Gasteiger partial charge in [-0.1, -0.05) is 23.5 Å². The van der Waals surface area contributed by atoms with Crippen molar-refractivity contribution in [1.82, 2.24) is 15.0 Å². The third-order valence-electron chi connectivity index (χ3n) is 3.82. The molecule has 0 amide bonds. The summed E-state index contributed by atoms with van der Waals surface area (Å²) in [4.78, 5) is 13.5. The van der Waals surface area contributed by atoms with Gasteiger partial charge in [0.25, 0.3) is 0 Å². The molecule has 0 aliphatic carbocycles. The molecule has 7 nitrogen and oxygen atoms in total. The second kappa shape index (κ2) is 8.00. The number of ether oxygens (including phenoxy) is 3. The number of hydrogen-bond acceptors (Lipinski definition) is 8. The van der Waals surface area contributed by atoms with Gasteiger partial charge in [0.1, 0.15) is 33.5 Å². The summed E-state index contributed by atoms with van der Waals surface area (Å²) in [5.74, 6) is 1.46. The Morgan fingerprint density at radius 2 is 1.96 bits per heavy atom. The third-order valence-corrected chi connectivity index (χ3v) is 4.85. The molecule has 0 spiro atoms. The molecule has 4 rings (SSSR count). The standard InChI is InChI=1S/C20H14N4O3S/c1-25-12-26-17-4-2-3-5-18(17)27-16-7-6-13(8-14(16)9-21)19-24-15-10-22-11-23-20(15)28-19/h2-8,10-11H,12H2,1H3. The highest BCUT2D eigenvalue weighted by molar-refractivity contribution is 7.21. The zero-order valence-electron chi connectivity index (χ0n) is 14.8. The Bertz CT molecular complexity index is 1140. The molecule has 0 aliphatic heterocycles. The van der Waals surface area contributed by atoms with Crippen LogP contribution in [0.4, 0.5) is 0 Å². The molecule has 8 heteroatoms. The van der Waals surface area contributed by atoms with Crippen LogP contribution in [0.2, 0.25) is 0 Å². The summed E-state index contributed by atoms with van der Waals surface area (Å²) in [6, 6.07) is 14.8. The summed E-state index contributed by atoms with van der Waals surface area (Å²) in [6.07, 6.45) is 3.16. The molecule has 0 radical (unpaired) electrons. The highest BCUT2D eigenvalue weighted by Crippen LogP contribution is 2.36. The van der Waals surface area contributed by atoms with Gasteiger partial charge in [0.2, 0.25) is 0 Å². The summed E-state index contributed by atoms with van der Waals surface area (Å²) in [7, 11) is 1.55. The van der Waals surface area contributed by atoms with Gasteiger partial charge < -0.3 is 14.2 Å². The average Bonchev–Trinajstić information content (AvgIpc) is 3.17. The normalized spacial score (nSPS) is 10.6. The van der Waals surface area contributed by atoms with Crippen LogP contribution in [0.25, 0.3) is 20.9 Å². The van der Waals surface area contributed by atoms with Crippen molar-refractivity contribution in [3.05, 3.63) is 60.6 Å². The second-order valence-corrected chi connectivity index (χ2v) is 6.63. The van der Waals surface area contributed by atoms with Gasteiger partial charge in [0.05, 0.1) is 11.8 Å². The van der Waals surface area contributed by atoms with Gasteiger partial charge in [-0.05, 0) is 30.3 Å². The number of fused-ring (bicyclic) bond motifs is 1. The minimum absolute atomic E-state index is 0.102. The highest BCUT2D eigenvalue weighted by Gasteiger charge is 2.13. The lowest BCUT2D eigenvalue weighted by molar-refractivity contribution is 0.0495. The van der Waals surface area contributed by atoms with Crippen molar-refractivity contribution in [2.45, 2.75) is 0 Å². The van der Waals surface area contributed by atoms with Crippen LogP contribution < -0.4 is 9.47 Å². The Morgan fingerprint density at radius 3 is 2.75 bits per heavy atom. The topological polar surface area (TPSA) is 90.2 Å². The summed E-state index contributed by atoms with van der Waals surface area (Å²) in [6.45, 7) is 0.102. The van der Waals surface area contributed by atoms with Crippen LogP contribution in [0, 0.1) is 11.3 Å². The van der Waals surface area contributed by atoms with Crippen LogP contribution in [0.1, 0.15) is 5.56 Å². The van der Waals surface area contributed by atoms with E-state index in [-0.39, 0.29) is 6.79 Å². The minimum Gasteiger partial charge on any atom is -0.464 e. The zero-order chi connectivity index (χ0) is 19.3. The number of methoxy groups -OCH3 is 1. The molecule has 0 bridgehead atoms. The van der Waals surface area contributed by atoms with Crippen molar-refractivity contribution in [3.8, 4) is 33.9 Å². The monoisotopic (exact) mass is 390 g/mol. The number of para-hydroxylation sites is 2. The maximum Gasteiger partial charge on any atom is 0.188 e. The van der Waals surface area contributed by atoms with Gasteiger partial charge in [-0.25, -0.2) is 15.0 Å². The van der Waals surface area contributed by atoms with E-state index in [2.05, 4.69) is 21.0 Å². The van der Waals surface area contributed by atoms with E-state index in [1.165, 1.54) is 17.7 Å². The van der Waals surface area contributed by atoms with Crippen molar-refractivity contribution in [2.75, 3.05) is 13.9 Å². The molecule has 0 N–H and O–H groups in total. The Labute approximate surface area is 164 Å². The number of nitriles is 1. The Hall–Kier alpha value is -3.54. The molecule has 0 atom stereocenters. The van der Waals surface area contributed by atoms with Crippen molar-refractivity contribution in [1.29, 1.82) is 5.26 Å². The maximum absolute atomic E-state index is 9.60. The predicted molar refractivity (Wildman–Crippen MR) is 104 cm³/mol. The fourth-order valence-corrected chi connectivity index (χ4v) is 3.42. The molecule has 2 aromatic heterocycles. The van der Waals surface area contributed by atoms with Crippen molar-refractivity contribution >= 4 is 21.7 Å². The fourth-order valence-electron chi connectivity index (χ4n) is 2.55. The van der Waals surface area contributed by atoms with E-state index in [1.54, 1.807) is 37.6 Å². The lowest BCUT2D eigenvalue weighted by Crippen LogP contribution is -2.00. The first kappa shape index (κ1) is 17.9. The van der Waals surface area contributed by atoms with Crippen molar-refractivity contribution < 1.29 is 14.2 Å². The van der Waals surface area contributed by atoms with Crippen molar-refractivity contribution in [2.24, 2.45) is 0 Å². The number of hydrogen-bond donors (Lipinski definition) is 0. The van der Waals surface area contributed by atoms with Gasteiger partial charge >= 0.3 is 0 Å². The van der Waals surface area contributed by atoms with Crippen LogP contribution in [0.15, 0.2) is 55.0 Å².